The predicted molar refractivity (Wildman–Crippen MR) is 94.1 cm³/mol. The quantitative estimate of drug-likeness (QED) is 0.863. The van der Waals surface area contributed by atoms with Crippen molar-refractivity contribution < 1.29 is 8.42 Å². The van der Waals surface area contributed by atoms with Gasteiger partial charge in [-0.15, -0.1) is 10.2 Å². The lowest BCUT2D eigenvalue weighted by atomic mass is 10.1. The van der Waals surface area contributed by atoms with Crippen molar-refractivity contribution >= 4 is 15.8 Å². The molecule has 0 unspecified atom stereocenters. The Kier molecular flexibility index (Phi) is 4.20. The number of sulfonamides is 1. The summed E-state index contributed by atoms with van der Waals surface area (Å²) in [5.41, 5.74) is 0.928. The largest absolute Gasteiger partial charge is 0.366 e. The molecule has 4 rings (SSSR count). The number of hydrogen-bond acceptors (Lipinski definition) is 6. The van der Waals surface area contributed by atoms with E-state index >= 15 is 0 Å². The molecule has 0 spiro atoms. The molecule has 8 nitrogen and oxygen atoms in total. The van der Waals surface area contributed by atoms with Gasteiger partial charge in [0.15, 0.2) is 5.82 Å². The minimum absolute atomic E-state index is 0.124. The van der Waals surface area contributed by atoms with E-state index in [2.05, 4.69) is 20.6 Å². The van der Waals surface area contributed by atoms with E-state index in [0.29, 0.717) is 24.7 Å². The molecule has 2 aromatic heterocycles. The first kappa shape index (κ1) is 16.5. The third kappa shape index (κ3) is 3.52. The van der Waals surface area contributed by atoms with Crippen molar-refractivity contribution in [3.63, 3.8) is 0 Å². The monoisotopic (exact) mass is 362 g/mol. The molecule has 1 aliphatic carbocycles. The average Bonchev–Trinajstić information content (AvgIpc) is 3.39. The first-order chi connectivity index (χ1) is 12.0. The number of rotatable bonds is 5. The molecule has 2 aromatic rings. The van der Waals surface area contributed by atoms with Crippen molar-refractivity contribution in [3.8, 4) is 5.82 Å². The van der Waals surface area contributed by atoms with Crippen LogP contribution in [0.2, 0.25) is 0 Å². The molecular formula is C16H22N6O2S. The Morgan fingerprint density at radius 2 is 1.84 bits per heavy atom. The Morgan fingerprint density at radius 1 is 1.08 bits per heavy atom. The second kappa shape index (κ2) is 6.38. The van der Waals surface area contributed by atoms with Gasteiger partial charge in [0.2, 0.25) is 10.0 Å². The molecule has 3 heterocycles. The molecule has 0 bridgehead atoms. The van der Waals surface area contributed by atoms with Crippen LogP contribution in [0.3, 0.4) is 0 Å². The molecule has 1 saturated carbocycles. The Labute approximate surface area is 147 Å². The molecule has 25 heavy (non-hydrogen) atoms. The third-order valence-corrected chi connectivity index (χ3v) is 7.12. The van der Waals surface area contributed by atoms with Gasteiger partial charge in [-0.2, -0.15) is 5.10 Å². The molecule has 2 aliphatic rings. The number of anilines is 1. The van der Waals surface area contributed by atoms with Crippen LogP contribution in [0.15, 0.2) is 24.4 Å². The van der Waals surface area contributed by atoms with Crippen LogP contribution in [0, 0.1) is 6.92 Å². The molecule has 1 N–H and O–H groups in total. The standard InChI is InChI=1S/C16H22N6O2S/c1-12-6-11-22(20-12)16-5-4-15(18-19-16)17-13-7-9-21(10-8-13)25(23,24)14-2-3-14/h4-6,11,13-14H,2-3,7-10H2,1H3,(H,17,18). The maximum absolute atomic E-state index is 12.3. The average molecular weight is 362 g/mol. The van der Waals surface area contributed by atoms with Crippen molar-refractivity contribution in [2.45, 2.75) is 43.9 Å². The van der Waals surface area contributed by atoms with Crippen molar-refractivity contribution in [1.82, 2.24) is 24.3 Å². The fraction of sp³-hybridized carbons (Fsp3) is 0.562. The Bertz CT molecular complexity index is 836. The number of aromatic nitrogens is 4. The fourth-order valence-corrected chi connectivity index (χ4v) is 4.98. The predicted octanol–water partition coefficient (Wildman–Crippen LogP) is 1.34. The van der Waals surface area contributed by atoms with Gasteiger partial charge in [-0.3, -0.25) is 0 Å². The summed E-state index contributed by atoms with van der Waals surface area (Å²) in [6, 6.07) is 5.89. The van der Waals surface area contributed by atoms with Crippen molar-refractivity contribution in [2.75, 3.05) is 18.4 Å². The van der Waals surface area contributed by atoms with Gasteiger partial charge in [-0.1, -0.05) is 0 Å². The van der Waals surface area contributed by atoms with Crippen LogP contribution in [-0.4, -0.2) is 57.1 Å². The van der Waals surface area contributed by atoms with Gasteiger partial charge in [-0.05, 0) is 50.8 Å². The molecule has 1 aliphatic heterocycles. The number of hydrogen-bond donors (Lipinski definition) is 1. The van der Waals surface area contributed by atoms with Gasteiger partial charge < -0.3 is 5.32 Å². The zero-order valence-electron chi connectivity index (χ0n) is 14.2. The van der Waals surface area contributed by atoms with E-state index in [9.17, 15) is 8.42 Å². The highest BCUT2D eigenvalue weighted by Gasteiger charge is 2.41. The number of piperidine rings is 1. The summed E-state index contributed by atoms with van der Waals surface area (Å²) in [7, 11) is -3.05. The normalized spacial score (nSPS) is 19.9. The van der Waals surface area contributed by atoms with Crippen LogP contribution in [-0.2, 0) is 10.0 Å². The maximum Gasteiger partial charge on any atom is 0.216 e. The highest BCUT2D eigenvalue weighted by atomic mass is 32.2. The SMILES string of the molecule is Cc1ccn(-c2ccc(NC3CCN(S(=O)(=O)C4CC4)CC3)nn2)n1. The van der Waals surface area contributed by atoms with E-state index in [1.807, 2.05) is 31.3 Å². The molecular weight excluding hydrogens is 340 g/mol. The van der Waals surface area contributed by atoms with Crippen LogP contribution in [0.25, 0.3) is 5.82 Å². The summed E-state index contributed by atoms with van der Waals surface area (Å²) in [6.07, 6.45) is 5.06. The van der Waals surface area contributed by atoms with E-state index in [-0.39, 0.29) is 11.3 Å². The van der Waals surface area contributed by atoms with Gasteiger partial charge >= 0.3 is 0 Å². The lowest BCUT2D eigenvalue weighted by Crippen LogP contribution is -2.43. The van der Waals surface area contributed by atoms with E-state index in [1.165, 1.54) is 0 Å². The van der Waals surface area contributed by atoms with Crippen molar-refractivity contribution in [1.29, 1.82) is 0 Å². The minimum Gasteiger partial charge on any atom is -0.366 e. The highest BCUT2D eigenvalue weighted by Crippen LogP contribution is 2.32. The van der Waals surface area contributed by atoms with Crippen LogP contribution < -0.4 is 5.32 Å². The van der Waals surface area contributed by atoms with E-state index < -0.39 is 10.0 Å². The van der Waals surface area contributed by atoms with Gasteiger partial charge in [0, 0.05) is 25.3 Å². The zero-order chi connectivity index (χ0) is 17.4. The first-order valence-corrected chi connectivity index (χ1v) is 10.1. The van der Waals surface area contributed by atoms with Crippen LogP contribution in [0.4, 0.5) is 5.82 Å². The van der Waals surface area contributed by atoms with E-state index in [4.69, 9.17) is 0 Å². The topological polar surface area (TPSA) is 93.0 Å². The second-order valence-electron chi connectivity index (χ2n) is 6.74. The smallest absolute Gasteiger partial charge is 0.216 e. The Hall–Kier alpha value is -2.00. The molecule has 0 aromatic carbocycles. The molecule has 1 saturated heterocycles. The summed E-state index contributed by atoms with van der Waals surface area (Å²) in [5.74, 6) is 1.38. The van der Waals surface area contributed by atoms with Gasteiger partial charge in [-0.25, -0.2) is 17.4 Å². The molecule has 0 radical (unpaired) electrons. The van der Waals surface area contributed by atoms with Gasteiger partial charge in [0.1, 0.15) is 5.82 Å². The van der Waals surface area contributed by atoms with Gasteiger partial charge in [0.25, 0.3) is 0 Å². The molecule has 134 valence electrons. The fourth-order valence-electron chi connectivity index (χ4n) is 3.11. The number of nitrogens with zero attached hydrogens (tertiary/aromatic N) is 5. The van der Waals surface area contributed by atoms with Crippen molar-refractivity contribution in [2.24, 2.45) is 0 Å². The zero-order valence-corrected chi connectivity index (χ0v) is 15.0. The minimum atomic E-state index is -3.05. The lowest BCUT2D eigenvalue weighted by molar-refractivity contribution is 0.329. The molecule has 0 amide bonds. The summed E-state index contributed by atoms with van der Waals surface area (Å²) in [5, 5.41) is 15.9. The summed E-state index contributed by atoms with van der Waals surface area (Å²) >= 11 is 0. The summed E-state index contributed by atoms with van der Waals surface area (Å²) in [4.78, 5) is 0. The highest BCUT2D eigenvalue weighted by molar-refractivity contribution is 7.90. The number of nitrogens with one attached hydrogen (secondary N) is 1. The van der Waals surface area contributed by atoms with Crippen LogP contribution >= 0.6 is 0 Å². The molecule has 9 heteroatoms. The Balaban J connectivity index is 1.34. The first-order valence-electron chi connectivity index (χ1n) is 8.64. The summed E-state index contributed by atoms with van der Waals surface area (Å²) < 4.78 is 27.9. The third-order valence-electron chi connectivity index (χ3n) is 4.72. The van der Waals surface area contributed by atoms with E-state index in [1.54, 1.807) is 8.99 Å². The van der Waals surface area contributed by atoms with Crippen molar-refractivity contribution in [3.05, 3.63) is 30.1 Å². The number of aryl methyl sites for hydroxylation is 1. The maximum atomic E-state index is 12.3. The molecule has 0 atom stereocenters. The van der Waals surface area contributed by atoms with Crippen LogP contribution in [0.1, 0.15) is 31.4 Å². The second-order valence-corrected chi connectivity index (χ2v) is 8.95. The molecule has 2 fully saturated rings. The van der Waals surface area contributed by atoms with E-state index in [0.717, 1.165) is 31.4 Å². The summed E-state index contributed by atoms with van der Waals surface area (Å²) in [6.45, 7) is 3.08. The Morgan fingerprint density at radius 3 is 2.40 bits per heavy atom. The lowest BCUT2D eigenvalue weighted by Gasteiger charge is -2.31. The van der Waals surface area contributed by atoms with Crippen LogP contribution in [0.5, 0.6) is 0 Å². The van der Waals surface area contributed by atoms with Gasteiger partial charge in [0.05, 0.1) is 10.9 Å².